The fourth-order valence-corrected chi connectivity index (χ4v) is 2.82. The molecule has 0 spiro atoms. The summed E-state index contributed by atoms with van der Waals surface area (Å²) in [6, 6.07) is 9.94. The third-order valence-corrected chi connectivity index (χ3v) is 4.30. The molecule has 0 saturated carbocycles. The van der Waals surface area contributed by atoms with Crippen LogP contribution in [0.4, 0.5) is 0 Å². The van der Waals surface area contributed by atoms with Crippen molar-refractivity contribution in [3.63, 3.8) is 0 Å². The maximum Gasteiger partial charge on any atom is 0.226 e. The molecule has 0 bridgehead atoms. The first-order valence-electron chi connectivity index (χ1n) is 8.21. The zero-order valence-electron chi connectivity index (χ0n) is 13.8. The number of rotatable bonds is 3. The predicted molar refractivity (Wildman–Crippen MR) is 92.1 cm³/mol. The lowest BCUT2D eigenvalue weighted by atomic mass is 10.00. The van der Waals surface area contributed by atoms with Gasteiger partial charge in [0.1, 0.15) is 6.26 Å². The van der Waals surface area contributed by atoms with Crippen molar-refractivity contribution in [2.75, 3.05) is 20.1 Å². The van der Waals surface area contributed by atoms with E-state index in [2.05, 4.69) is 27.1 Å². The molecular formula is C18H24N4O. The summed E-state index contributed by atoms with van der Waals surface area (Å²) >= 11 is 0. The van der Waals surface area contributed by atoms with E-state index in [1.54, 1.807) is 6.26 Å². The van der Waals surface area contributed by atoms with Gasteiger partial charge in [0.15, 0.2) is 5.96 Å². The monoisotopic (exact) mass is 312 g/mol. The maximum atomic E-state index is 5.57. The van der Waals surface area contributed by atoms with Crippen molar-refractivity contribution >= 4 is 5.96 Å². The second kappa shape index (κ2) is 7.31. The van der Waals surface area contributed by atoms with Gasteiger partial charge < -0.3 is 14.6 Å². The summed E-state index contributed by atoms with van der Waals surface area (Å²) in [6.07, 6.45) is 4.16. The fourth-order valence-electron chi connectivity index (χ4n) is 2.82. The van der Waals surface area contributed by atoms with Crippen molar-refractivity contribution in [2.24, 2.45) is 10.9 Å². The van der Waals surface area contributed by atoms with E-state index in [1.807, 2.05) is 37.4 Å². The van der Waals surface area contributed by atoms with Crippen LogP contribution in [-0.4, -0.2) is 36.0 Å². The summed E-state index contributed by atoms with van der Waals surface area (Å²) in [7, 11) is 1.83. The molecule has 5 heteroatoms. The summed E-state index contributed by atoms with van der Waals surface area (Å²) in [5.74, 6) is 2.42. The molecule has 0 amide bonds. The molecule has 2 aromatic rings. The van der Waals surface area contributed by atoms with Crippen LogP contribution < -0.4 is 5.32 Å². The standard InChI is InChI=1S/C18H24N4O/c1-14-8-10-22(11-9-14)18(19-2)20-12-16-13-23-17(21-16)15-6-4-3-5-7-15/h3-7,13-14H,8-12H2,1-2H3,(H,19,20). The van der Waals surface area contributed by atoms with Crippen molar-refractivity contribution in [2.45, 2.75) is 26.3 Å². The molecule has 122 valence electrons. The van der Waals surface area contributed by atoms with Gasteiger partial charge in [0.25, 0.3) is 0 Å². The molecule has 1 saturated heterocycles. The number of likely N-dealkylation sites (tertiary alicyclic amines) is 1. The van der Waals surface area contributed by atoms with Crippen LogP contribution in [0.2, 0.25) is 0 Å². The van der Waals surface area contributed by atoms with Crippen molar-refractivity contribution in [1.82, 2.24) is 15.2 Å². The van der Waals surface area contributed by atoms with E-state index in [0.29, 0.717) is 12.4 Å². The summed E-state index contributed by atoms with van der Waals surface area (Å²) in [5, 5.41) is 3.39. The van der Waals surface area contributed by atoms with Crippen LogP contribution in [0.5, 0.6) is 0 Å². The summed E-state index contributed by atoms with van der Waals surface area (Å²) in [4.78, 5) is 11.2. The van der Waals surface area contributed by atoms with E-state index >= 15 is 0 Å². The average Bonchev–Trinajstić information content (AvgIpc) is 3.07. The normalized spacial score (nSPS) is 16.6. The first kappa shape index (κ1) is 15.6. The van der Waals surface area contributed by atoms with Crippen LogP contribution in [0, 0.1) is 5.92 Å². The van der Waals surface area contributed by atoms with Crippen molar-refractivity contribution in [3.05, 3.63) is 42.3 Å². The van der Waals surface area contributed by atoms with Gasteiger partial charge in [0.05, 0.1) is 12.2 Å². The molecule has 0 aliphatic carbocycles. The molecule has 1 fully saturated rings. The first-order chi connectivity index (χ1) is 11.3. The molecule has 1 N–H and O–H groups in total. The summed E-state index contributed by atoms with van der Waals surface area (Å²) in [5.41, 5.74) is 1.88. The molecule has 1 aromatic carbocycles. The number of aliphatic imine (C=N–C) groups is 1. The molecule has 1 aromatic heterocycles. The highest BCUT2D eigenvalue weighted by Crippen LogP contribution is 2.18. The lowest BCUT2D eigenvalue weighted by molar-refractivity contribution is 0.273. The molecule has 0 unspecified atom stereocenters. The highest BCUT2D eigenvalue weighted by Gasteiger charge is 2.18. The van der Waals surface area contributed by atoms with Gasteiger partial charge in [-0.1, -0.05) is 25.1 Å². The Bertz CT molecular complexity index is 642. The first-order valence-corrected chi connectivity index (χ1v) is 8.21. The maximum absolute atomic E-state index is 5.57. The third-order valence-electron chi connectivity index (χ3n) is 4.30. The van der Waals surface area contributed by atoms with Gasteiger partial charge in [-0.15, -0.1) is 0 Å². The Morgan fingerprint density at radius 1 is 1.30 bits per heavy atom. The van der Waals surface area contributed by atoms with Gasteiger partial charge >= 0.3 is 0 Å². The molecule has 3 rings (SSSR count). The summed E-state index contributed by atoms with van der Waals surface area (Å²) in [6.45, 7) is 5.06. The molecule has 0 atom stereocenters. The van der Waals surface area contributed by atoms with Gasteiger partial charge in [-0.2, -0.15) is 0 Å². The molecule has 1 aliphatic heterocycles. The largest absolute Gasteiger partial charge is 0.444 e. The number of nitrogens with one attached hydrogen (secondary N) is 1. The second-order valence-electron chi connectivity index (χ2n) is 6.08. The minimum Gasteiger partial charge on any atom is -0.444 e. The minimum absolute atomic E-state index is 0.620. The number of aromatic nitrogens is 1. The van der Waals surface area contributed by atoms with E-state index in [-0.39, 0.29) is 0 Å². The number of piperidine rings is 1. The molecule has 0 radical (unpaired) electrons. The number of benzene rings is 1. The lowest BCUT2D eigenvalue weighted by Crippen LogP contribution is -2.45. The van der Waals surface area contributed by atoms with Crippen molar-refractivity contribution in [1.29, 1.82) is 0 Å². The Morgan fingerprint density at radius 2 is 2.04 bits per heavy atom. The number of hydrogen-bond acceptors (Lipinski definition) is 3. The van der Waals surface area contributed by atoms with Gasteiger partial charge in [0.2, 0.25) is 5.89 Å². The van der Waals surface area contributed by atoms with Crippen LogP contribution in [0.25, 0.3) is 11.5 Å². The quantitative estimate of drug-likeness (QED) is 0.699. The SMILES string of the molecule is CN=C(NCc1coc(-c2ccccc2)n1)N1CCC(C)CC1. The Balaban J connectivity index is 1.58. The second-order valence-corrected chi connectivity index (χ2v) is 6.08. The van der Waals surface area contributed by atoms with Crippen LogP contribution in [0.1, 0.15) is 25.5 Å². The van der Waals surface area contributed by atoms with E-state index in [4.69, 9.17) is 4.42 Å². The molecule has 5 nitrogen and oxygen atoms in total. The van der Waals surface area contributed by atoms with Crippen LogP contribution >= 0.6 is 0 Å². The lowest BCUT2D eigenvalue weighted by Gasteiger charge is -2.32. The van der Waals surface area contributed by atoms with E-state index in [0.717, 1.165) is 36.2 Å². The van der Waals surface area contributed by atoms with Gasteiger partial charge in [-0.05, 0) is 30.9 Å². The third kappa shape index (κ3) is 3.92. The van der Waals surface area contributed by atoms with Crippen molar-refractivity contribution < 1.29 is 4.42 Å². The van der Waals surface area contributed by atoms with Gasteiger partial charge in [0, 0.05) is 25.7 Å². The van der Waals surface area contributed by atoms with Crippen LogP contribution in [0.15, 0.2) is 46.0 Å². The zero-order chi connectivity index (χ0) is 16.1. The van der Waals surface area contributed by atoms with Crippen LogP contribution in [-0.2, 0) is 6.54 Å². The van der Waals surface area contributed by atoms with E-state index in [9.17, 15) is 0 Å². The predicted octanol–water partition coefficient (Wildman–Crippen LogP) is 3.15. The minimum atomic E-state index is 0.620. The van der Waals surface area contributed by atoms with Crippen molar-refractivity contribution in [3.8, 4) is 11.5 Å². The highest BCUT2D eigenvalue weighted by molar-refractivity contribution is 5.79. The Morgan fingerprint density at radius 3 is 2.74 bits per heavy atom. The zero-order valence-corrected chi connectivity index (χ0v) is 13.8. The number of nitrogens with zero attached hydrogens (tertiary/aromatic N) is 3. The van der Waals surface area contributed by atoms with Gasteiger partial charge in [-0.3, -0.25) is 4.99 Å². The van der Waals surface area contributed by atoms with E-state index in [1.165, 1.54) is 12.8 Å². The van der Waals surface area contributed by atoms with Crippen LogP contribution in [0.3, 0.4) is 0 Å². The van der Waals surface area contributed by atoms with E-state index < -0.39 is 0 Å². The Hall–Kier alpha value is -2.30. The average molecular weight is 312 g/mol. The topological polar surface area (TPSA) is 53.7 Å². The summed E-state index contributed by atoms with van der Waals surface area (Å²) < 4.78 is 5.57. The highest BCUT2D eigenvalue weighted by atomic mass is 16.3. The fraction of sp³-hybridized carbons (Fsp3) is 0.444. The van der Waals surface area contributed by atoms with Gasteiger partial charge in [-0.25, -0.2) is 4.98 Å². The number of guanidine groups is 1. The Labute approximate surface area is 137 Å². The molecule has 1 aliphatic rings. The molecular weight excluding hydrogens is 288 g/mol. The molecule has 2 heterocycles. The number of hydrogen-bond donors (Lipinski definition) is 1. The number of oxazole rings is 1. The smallest absolute Gasteiger partial charge is 0.226 e. The molecule has 23 heavy (non-hydrogen) atoms. The Kier molecular flexibility index (Phi) is 4.95.